The second kappa shape index (κ2) is 7.92. The van der Waals surface area contributed by atoms with E-state index in [1.807, 2.05) is 0 Å². The van der Waals surface area contributed by atoms with Crippen LogP contribution in [-0.4, -0.2) is 67.7 Å². The highest BCUT2D eigenvalue weighted by atomic mass is 32.1. The molecule has 5 atom stereocenters. The number of rotatable bonds is 6. The summed E-state index contributed by atoms with van der Waals surface area (Å²) in [4.78, 5) is 26.9. The van der Waals surface area contributed by atoms with E-state index in [1.165, 1.54) is 12.3 Å². The molecule has 134 valence electrons. The van der Waals surface area contributed by atoms with Crippen LogP contribution in [0, 0.1) is 0 Å². The fourth-order valence-corrected chi connectivity index (χ4v) is 2.26. The van der Waals surface area contributed by atoms with Crippen LogP contribution in [0.4, 0.5) is 5.82 Å². The van der Waals surface area contributed by atoms with Gasteiger partial charge in [0.15, 0.2) is 12.0 Å². The largest absolute Gasteiger partial charge is 0.462 e. The first-order valence-corrected chi connectivity index (χ1v) is 7.56. The van der Waals surface area contributed by atoms with E-state index in [0.717, 1.165) is 4.57 Å². The molecule has 1 aliphatic heterocycles. The molecule has 0 unspecified atom stereocenters. The Morgan fingerprint density at radius 3 is 2.83 bits per heavy atom. The SMILES string of the molecule is N[C@@H](CS)C(=O)OC[C@H]1O[C@@H](n2ccc(NO)nc2=O)[C@H](O)[C@@H]1O. The second-order valence-corrected chi connectivity index (χ2v) is 5.44. The lowest BCUT2D eigenvalue weighted by molar-refractivity contribution is -0.151. The highest BCUT2D eigenvalue weighted by Crippen LogP contribution is 2.28. The molecule has 12 heteroatoms. The van der Waals surface area contributed by atoms with Gasteiger partial charge in [0.2, 0.25) is 0 Å². The number of hydrogen-bond acceptors (Lipinski definition) is 11. The van der Waals surface area contributed by atoms with Crippen LogP contribution in [0.3, 0.4) is 0 Å². The number of esters is 1. The zero-order chi connectivity index (χ0) is 17.9. The smallest absolute Gasteiger partial charge is 0.351 e. The summed E-state index contributed by atoms with van der Waals surface area (Å²) in [6.07, 6.45) is -3.89. The first kappa shape index (κ1) is 18.6. The summed E-state index contributed by atoms with van der Waals surface area (Å²) in [6, 6.07) is 0.348. The Morgan fingerprint density at radius 1 is 1.54 bits per heavy atom. The molecule has 1 saturated heterocycles. The molecule has 1 aliphatic rings. The van der Waals surface area contributed by atoms with Crippen LogP contribution in [0.2, 0.25) is 0 Å². The predicted molar refractivity (Wildman–Crippen MR) is 82.6 cm³/mol. The van der Waals surface area contributed by atoms with E-state index in [1.54, 1.807) is 5.48 Å². The molecule has 1 aromatic rings. The van der Waals surface area contributed by atoms with Gasteiger partial charge in [0.25, 0.3) is 0 Å². The van der Waals surface area contributed by atoms with Gasteiger partial charge in [-0.05, 0) is 6.07 Å². The van der Waals surface area contributed by atoms with Gasteiger partial charge in [0.1, 0.15) is 31.0 Å². The summed E-state index contributed by atoms with van der Waals surface area (Å²) in [7, 11) is 0. The van der Waals surface area contributed by atoms with Gasteiger partial charge in [0.05, 0.1) is 0 Å². The lowest BCUT2D eigenvalue weighted by Gasteiger charge is -2.17. The minimum Gasteiger partial charge on any atom is -0.462 e. The summed E-state index contributed by atoms with van der Waals surface area (Å²) in [5.74, 6) is -0.726. The van der Waals surface area contributed by atoms with E-state index >= 15 is 0 Å². The van der Waals surface area contributed by atoms with Gasteiger partial charge in [0, 0.05) is 11.9 Å². The van der Waals surface area contributed by atoms with Gasteiger partial charge in [-0.15, -0.1) is 0 Å². The van der Waals surface area contributed by atoms with Crippen molar-refractivity contribution in [3.8, 4) is 0 Å². The first-order chi connectivity index (χ1) is 11.4. The molecule has 0 spiro atoms. The molecule has 0 amide bonds. The molecule has 0 radical (unpaired) electrons. The molecule has 11 nitrogen and oxygen atoms in total. The van der Waals surface area contributed by atoms with E-state index in [0.29, 0.717) is 0 Å². The molecular formula is C12H18N4O7S. The van der Waals surface area contributed by atoms with Crippen molar-refractivity contribution in [3.63, 3.8) is 0 Å². The Kier molecular flexibility index (Phi) is 6.15. The van der Waals surface area contributed by atoms with E-state index in [-0.39, 0.29) is 18.2 Å². The van der Waals surface area contributed by atoms with Crippen molar-refractivity contribution >= 4 is 24.4 Å². The molecule has 0 aliphatic carbocycles. The fourth-order valence-electron chi connectivity index (χ4n) is 2.11. The number of carbonyl (C=O) groups is 1. The topological polar surface area (TPSA) is 169 Å². The Bertz CT molecular complexity index is 642. The van der Waals surface area contributed by atoms with Crippen LogP contribution in [0.15, 0.2) is 17.1 Å². The van der Waals surface area contributed by atoms with E-state index < -0.39 is 42.2 Å². The number of nitrogens with two attached hydrogens (primary N) is 1. The van der Waals surface area contributed by atoms with E-state index in [2.05, 4.69) is 17.6 Å². The van der Waals surface area contributed by atoms with E-state index in [4.69, 9.17) is 20.4 Å². The van der Waals surface area contributed by atoms with Gasteiger partial charge in [-0.25, -0.2) is 4.79 Å². The van der Waals surface area contributed by atoms with Crippen molar-refractivity contribution in [1.82, 2.24) is 9.55 Å². The summed E-state index contributed by atoms with van der Waals surface area (Å²) >= 11 is 3.86. The fraction of sp³-hybridized carbons (Fsp3) is 0.583. The highest BCUT2D eigenvalue weighted by Gasteiger charge is 2.44. The van der Waals surface area contributed by atoms with Crippen LogP contribution in [-0.2, 0) is 14.3 Å². The Labute approximate surface area is 141 Å². The highest BCUT2D eigenvalue weighted by molar-refractivity contribution is 7.80. The average molecular weight is 362 g/mol. The van der Waals surface area contributed by atoms with Gasteiger partial charge >= 0.3 is 11.7 Å². The monoisotopic (exact) mass is 362 g/mol. The summed E-state index contributed by atoms with van der Waals surface area (Å²) in [6.45, 7) is -0.354. The minimum absolute atomic E-state index is 0.0875. The number of nitrogens with zero attached hydrogens (tertiary/aromatic N) is 2. The van der Waals surface area contributed by atoms with Gasteiger partial charge in [-0.1, -0.05) is 0 Å². The Morgan fingerprint density at radius 2 is 2.25 bits per heavy atom. The third kappa shape index (κ3) is 3.85. The second-order valence-electron chi connectivity index (χ2n) is 5.08. The minimum atomic E-state index is -1.44. The standard InChI is InChI=1S/C12H18N4O7S/c13-5(4-24)11(19)22-3-6-8(17)9(18)10(23-6)16-2-1-7(15-21)14-12(16)20/h1-2,5-6,8-10,17-18,21,24H,3-4,13H2,(H,14,15,20)/t5-,6+,8+,9+,10+/m0/s1. The number of ether oxygens (including phenoxy) is 2. The zero-order valence-corrected chi connectivity index (χ0v) is 13.2. The molecule has 24 heavy (non-hydrogen) atoms. The third-order valence-electron chi connectivity index (χ3n) is 3.45. The third-order valence-corrected chi connectivity index (χ3v) is 3.84. The molecule has 0 aromatic carbocycles. The van der Waals surface area contributed by atoms with Gasteiger partial charge in [-0.2, -0.15) is 17.6 Å². The van der Waals surface area contributed by atoms with Crippen LogP contribution in [0.1, 0.15) is 6.23 Å². The number of aliphatic hydroxyl groups is 2. The number of anilines is 1. The van der Waals surface area contributed by atoms with E-state index in [9.17, 15) is 19.8 Å². The van der Waals surface area contributed by atoms with Crippen LogP contribution in [0.5, 0.6) is 0 Å². The molecule has 2 heterocycles. The molecule has 1 aromatic heterocycles. The Hall–Kier alpha value is -1.70. The van der Waals surface area contributed by atoms with Gasteiger partial charge < -0.3 is 25.4 Å². The van der Waals surface area contributed by atoms with Crippen molar-refractivity contribution < 1.29 is 29.7 Å². The first-order valence-electron chi connectivity index (χ1n) is 6.93. The quantitative estimate of drug-likeness (QED) is 0.180. The lowest BCUT2D eigenvalue weighted by atomic mass is 10.1. The van der Waals surface area contributed by atoms with Crippen molar-refractivity contribution in [2.24, 2.45) is 5.73 Å². The average Bonchev–Trinajstić information content (AvgIpc) is 2.86. The summed E-state index contributed by atoms with van der Waals surface area (Å²) in [5.41, 5.74) is 6.34. The summed E-state index contributed by atoms with van der Waals surface area (Å²) < 4.78 is 11.2. The van der Waals surface area contributed by atoms with Crippen LogP contribution < -0.4 is 16.9 Å². The maximum atomic E-state index is 11.9. The van der Waals surface area contributed by atoms with Crippen LogP contribution in [0.25, 0.3) is 0 Å². The summed E-state index contributed by atoms with van der Waals surface area (Å²) in [5, 5.41) is 28.7. The number of nitrogens with one attached hydrogen (secondary N) is 1. The molecule has 6 N–H and O–H groups in total. The number of aliphatic hydroxyl groups excluding tert-OH is 2. The molecular weight excluding hydrogens is 344 g/mol. The molecule has 0 saturated carbocycles. The zero-order valence-electron chi connectivity index (χ0n) is 12.3. The van der Waals surface area contributed by atoms with Crippen molar-refractivity contribution in [2.45, 2.75) is 30.6 Å². The predicted octanol–water partition coefficient (Wildman–Crippen LogP) is -2.54. The number of carbonyl (C=O) groups excluding carboxylic acids is 1. The molecule has 0 bridgehead atoms. The number of thiol groups is 1. The molecule has 1 fully saturated rings. The maximum Gasteiger partial charge on any atom is 0.351 e. The maximum absolute atomic E-state index is 11.9. The van der Waals surface area contributed by atoms with Gasteiger partial charge in [-0.3, -0.25) is 20.0 Å². The normalized spacial score (nSPS) is 27.7. The number of aromatic nitrogens is 2. The Balaban J connectivity index is 2.07. The lowest BCUT2D eigenvalue weighted by Crippen LogP contribution is -2.39. The van der Waals surface area contributed by atoms with Crippen molar-refractivity contribution in [1.29, 1.82) is 0 Å². The van der Waals surface area contributed by atoms with Crippen molar-refractivity contribution in [3.05, 3.63) is 22.7 Å². The number of hydrogen-bond donors (Lipinski definition) is 6. The van der Waals surface area contributed by atoms with Crippen LogP contribution >= 0.6 is 12.6 Å². The molecule has 2 rings (SSSR count). The van der Waals surface area contributed by atoms with Crippen molar-refractivity contribution in [2.75, 3.05) is 17.8 Å².